The number of carboxylic acid groups (broad SMARTS) is 1. The summed E-state index contributed by atoms with van der Waals surface area (Å²) in [4.78, 5) is 35.2. The molecule has 2 aromatic rings. The van der Waals surface area contributed by atoms with Gasteiger partial charge in [0.15, 0.2) is 0 Å². The third kappa shape index (κ3) is 5.23. The summed E-state index contributed by atoms with van der Waals surface area (Å²) in [5, 5.41) is 9.97. The quantitative estimate of drug-likeness (QED) is 0.642. The zero-order valence-electron chi connectivity index (χ0n) is 19.6. The molecule has 8 nitrogen and oxygen atoms in total. The van der Waals surface area contributed by atoms with Gasteiger partial charge in [-0.3, -0.25) is 19.6 Å². The van der Waals surface area contributed by atoms with E-state index in [2.05, 4.69) is 14.8 Å². The minimum atomic E-state index is -0.722. The number of aliphatic carboxylic acids is 1. The van der Waals surface area contributed by atoms with Crippen LogP contribution in [-0.4, -0.2) is 76.8 Å². The molecule has 4 heterocycles. The number of carbonyl (C=O) groups excluding carboxylic acids is 1. The highest BCUT2D eigenvalue weighted by Gasteiger charge is 2.47. The summed E-state index contributed by atoms with van der Waals surface area (Å²) in [5.41, 5.74) is 2.17. The van der Waals surface area contributed by atoms with Crippen LogP contribution in [0.2, 0.25) is 5.02 Å². The molecular formula is C26H31ClN4O4. The summed E-state index contributed by atoms with van der Waals surface area (Å²) in [6.45, 7) is 3.71. The Hall–Kier alpha value is -2.84. The summed E-state index contributed by atoms with van der Waals surface area (Å²) in [6.07, 6.45) is 5.99. The Morgan fingerprint density at radius 3 is 2.29 bits per heavy atom. The number of hydrogen-bond donors (Lipinski definition) is 1. The van der Waals surface area contributed by atoms with Gasteiger partial charge in [-0.05, 0) is 68.6 Å². The van der Waals surface area contributed by atoms with Crippen molar-refractivity contribution in [3.05, 3.63) is 59.4 Å². The largest absolute Gasteiger partial charge is 0.481 e. The summed E-state index contributed by atoms with van der Waals surface area (Å²) in [6, 6.07) is 11.6. The van der Waals surface area contributed by atoms with Crippen LogP contribution in [0.3, 0.4) is 0 Å². The van der Waals surface area contributed by atoms with Gasteiger partial charge < -0.3 is 14.7 Å². The lowest BCUT2D eigenvalue weighted by Gasteiger charge is -2.40. The van der Waals surface area contributed by atoms with Gasteiger partial charge in [0.1, 0.15) is 6.10 Å². The molecule has 5 rings (SSSR count). The van der Waals surface area contributed by atoms with Gasteiger partial charge in [0.05, 0.1) is 12.0 Å². The number of piperidine rings is 2. The van der Waals surface area contributed by atoms with Crippen LogP contribution in [0.1, 0.15) is 37.3 Å². The number of carboxylic acids is 1. The van der Waals surface area contributed by atoms with Gasteiger partial charge in [0.2, 0.25) is 0 Å². The first-order valence-corrected chi connectivity index (χ1v) is 12.7. The average Bonchev–Trinajstić information content (AvgIpc) is 3.20. The van der Waals surface area contributed by atoms with E-state index in [1.807, 2.05) is 41.3 Å². The Morgan fingerprint density at radius 1 is 1.00 bits per heavy atom. The second kappa shape index (κ2) is 10.4. The number of anilines is 1. The predicted molar refractivity (Wildman–Crippen MR) is 133 cm³/mol. The fraction of sp³-hybridized carbons (Fsp3) is 0.500. The number of aromatic nitrogens is 1. The van der Waals surface area contributed by atoms with E-state index >= 15 is 0 Å². The monoisotopic (exact) mass is 498 g/mol. The fourth-order valence-electron chi connectivity index (χ4n) is 5.67. The van der Waals surface area contributed by atoms with E-state index < -0.39 is 5.97 Å². The van der Waals surface area contributed by atoms with Crippen LogP contribution >= 0.6 is 11.6 Å². The Kier molecular flexibility index (Phi) is 7.11. The molecule has 35 heavy (non-hydrogen) atoms. The van der Waals surface area contributed by atoms with E-state index in [9.17, 15) is 14.7 Å². The second-order valence-corrected chi connectivity index (χ2v) is 10.1. The van der Waals surface area contributed by atoms with Gasteiger partial charge in [-0.25, -0.2) is 4.79 Å². The minimum Gasteiger partial charge on any atom is -0.481 e. The van der Waals surface area contributed by atoms with Gasteiger partial charge in [-0.15, -0.1) is 0 Å². The molecule has 186 valence electrons. The van der Waals surface area contributed by atoms with E-state index in [-0.39, 0.29) is 30.2 Å². The molecule has 0 radical (unpaired) electrons. The van der Waals surface area contributed by atoms with Crippen molar-refractivity contribution in [2.24, 2.45) is 5.92 Å². The van der Waals surface area contributed by atoms with E-state index in [0.717, 1.165) is 37.2 Å². The predicted octanol–water partition coefficient (Wildman–Crippen LogP) is 4.06. The Labute approximate surface area is 210 Å². The number of pyridine rings is 1. The topological polar surface area (TPSA) is 86.2 Å². The molecule has 3 aliphatic rings. The molecule has 0 bridgehead atoms. The van der Waals surface area contributed by atoms with Crippen molar-refractivity contribution >= 4 is 29.4 Å². The highest BCUT2D eigenvalue weighted by molar-refractivity contribution is 6.30. The summed E-state index contributed by atoms with van der Waals surface area (Å²) in [7, 11) is 0. The van der Waals surface area contributed by atoms with Gasteiger partial charge in [0.25, 0.3) is 0 Å². The molecule has 2 atom stereocenters. The van der Waals surface area contributed by atoms with Crippen LogP contribution in [0, 0.1) is 5.92 Å². The first-order valence-electron chi connectivity index (χ1n) is 12.3. The van der Waals surface area contributed by atoms with Crippen molar-refractivity contribution in [2.75, 3.05) is 37.6 Å². The number of rotatable bonds is 6. The Morgan fingerprint density at radius 2 is 1.66 bits per heavy atom. The summed E-state index contributed by atoms with van der Waals surface area (Å²) < 4.78 is 5.99. The molecule has 2 unspecified atom stereocenters. The van der Waals surface area contributed by atoms with Crippen molar-refractivity contribution in [1.82, 2.24) is 14.8 Å². The number of benzene rings is 1. The van der Waals surface area contributed by atoms with E-state index in [1.165, 1.54) is 0 Å². The first-order chi connectivity index (χ1) is 17.0. The molecule has 0 saturated carbocycles. The third-order valence-corrected chi connectivity index (χ3v) is 7.84. The fourth-order valence-corrected chi connectivity index (χ4v) is 5.80. The Bertz CT molecular complexity index is 1020. The standard InChI is InChI=1S/C26H31ClN4O4/c27-20-3-1-18(2-4-20)24-23(17-29-13-7-19(8-14-29)25(32)33)35-26(34)31(24)22-9-15-30(16-10-22)21-5-11-28-12-6-21/h1-6,11-12,19,22-24H,7-10,13-17H2,(H,32,33). The number of amides is 1. The molecule has 1 N–H and O–H groups in total. The van der Waals surface area contributed by atoms with Crippen LogP contribution in [0.5, 0.6) is 0 Å². The summed E-state index contributed by atoms with van der Waals surface area (Å²) in [5.74, 6) is -1.01. The number of likely N-dealkylation sites (tertiary alicyclic amines) is 1. The van der Waals surface area contributed by atoms with Crippen LogP contribution < -0.4 is 4.90 Å². The van der Waals surface area contributed by atoms with E-state index in [4.69, 9.17) is 16.3 Å². The molecule has 9 heteroatoms. The van der Waals surface area contributed by atoms with Crippen molar-refractivity contribution in [1.29, 1.82) is 0 Å². The normalized spacial score (nSPS) is 24.5. The molecule has 1 amide bonds. The lowest BCUT2D eigenvalue weighted by atomic mass is 9.94. The third-order valence-electron chi connectivity index (χ3n) is 7.59. The van der Waals surface area contributed by atoms with Crippen molar-refractivity contribution in [3.8, 4) is 0 Å². The zero-order valence-corrected chi connectivity index (χ0v) is 20.4. The van der Waals surface area contributed by atoms with E-state index in [1.54, 1.807) is 12.4 Å². The maximum absolute atomic E-state index is 13.2. The van der Waals surface area contributed by atoms with Crippen LogP contribution in [-0.2, 0) is 9.53 Å². The zero-order chi connectivity index (χ0) is 24.4. The Balaban J connectivity index is 1.31. The number of cyclic esters (lactones) is 1. The van der Waals surface area contributed by atoms with Crippen LogP contribution in [0.25, 0.3) is 0 Å². The summed E-state index contributed by atoms with van der Waals surface area (Å²) >= 11 is 6.16. The number of carbonyl (C=O) groups is 2. The number of hydrogen-bond acceptors (Lipinski definition) is 6. The maximum Gasteiger partial charge on any atom is 0.411 e. The van der Waals surface area contributed by atoms with E-state index in [0.29, 0.717) is 37.5 Å². The smallest absolute Gasteiger partial charge is 0.411 e. The van der Waals surface area contributed by atoms with Gasteiger partial charge in [0, 0.05) is 48.8 Å². The molecule has 3 saturated heterocycles. The molecule has 3 fully saturated rings. The number of nitrogens with zero attached hydrogens (tertiary/aromatic N) is 4. The van der Waals surface area contributed by atoms with Crippen molar-refractivity contribution < 1.29 is 19.4 Å². The number of halogens is 1. The molecule has 1 aromatic carbocycles. The number of ether oxygens (including phenoxy) is 1. The highest BCUT2D eigenvalue weighted by atomic mass is 35.5. The van der Waals surface area contributed by atoms with Crippen LogP contribution in [0.4, 0.5) is 10.5 Å². The van der Waals surface area contributed by atoms with Gasteiger partial charge in [-0.2, -0.15) is 0 Å². The highest BCUT2D eigenvalue weighted by Crippen LogP contribution is 2.39. The first kappa shape index (κ1) is 23.9. The molecule has 1 aromatic heterocycles. The van der Waals surface area contributed by atoms with Crippen LogP contribution in [0.15, 0.2) is 48.8 Å². The lowest BCUT2D eigenvalue weighted by molar-refractivity contribution is -0.143. The maximum atomic E-state index is 13.2. The van der Waals surface area contributed by atoms with Crippen molar-refractivity contribution in [3.63, 3.8) is 0 Å². The van der Waals surface area contributed by atoms with Gasteiger partial charge in [-0.1, -0.05) is 23.7 Å². The molecule has 0 aliphatic carbocycles. The minimum absolute atomic E-state index is 0.0870. The molecular weight excluding hydrogens is 468 g/mol. The van der Waals surface area contributed by atoms with Crippen molar-refractivity contribution in [2.45, 2.75) is 43.9 Å². The second-order valence-electron chi connectivity index (χ2n) is 9.66. The van der Waals surface area contributed by atoms with Gasteiger partial charge >= 0.3 is 12.1 Å². The average molecular weight is 499 g/mol. The molecule has 3 aliphatic heterocycles. The SMILES string of the molecule is O=C(O)C1CCN(CC2OC(=O)N(C3CCN(c4ccncc4)CC3)C2c2ccc(Cl)cc2)CC1. The lowest BCUT2D eigenvalue weighted by Crippen LogP contribution is -2.47. The molecule has 0 spiro atoms.